The molecular weight excluding hydrogens is 364 g/mol. The number of morpholine rings is 1. The zero-order valence-electron chi connectivity index (χ0n) is 16.5. The minimum atomic E-state index is -3.43. The number of sulfonamides is 1. The molecule has 1 unspecified atom stereocenters. The molecule has 1 aromatic rings. The van der Waals surface area contributed by atoms with E-state index in [1.807, 2.05) is 25.7 Å². The number of rotatable bonds is 4. The van der Waals surface area contributed by atoms with Crippen LogP contribution in [0.4, 0.5) is 0 Å². The van der Waals surface area contributed by atoms with Crippen molar-refractivity contribution in [1.82, 2.24) is 9.21 Å². The van der Waals surface area contributed by atoms with Crippen molar-refractivity contribution in [3.63, 3.8) is 0 Å². The number of carbonyl (C=O) groups is 1. The fraction of sp³-hybridized carbons (Fsp3) is 0.650. The highest BCUT2D eigenvalue weighted by Crippen LogP contribution is 2.23. The van der Waals surface area contributed by atoms with Crippen LogP contribution >= 0.6 is 0 Å². The van der Waals surface area contributed by atoms with E-state index < -0.39 is 10.0 Å². The standard InChI is InChI=1S/C20H30N2O4S/c1-16-14-21(15-20(2,3)26-16)19(23)13-17-7-9-18(10-8-17)27(24,25)22-11-5-4-6-12-22/h7-10,16H,4-6,11-15H2,1-3H3. The maximum absolute atomic E-state index is 12.7. The van der Waals surface area contributed by atoms with Gasteiger partial charge in [-0.1, -0.05) is 18.6 Å². The lowest BCUT2D eigenvalue weighted by Gasteiger charge is -2.41. The molecule has 6 nitrogen and oxygen atoms in total. The summed E-state index contributed by atoms with van der Waals surface area (Å²) in [4.78, 5) is 14.8. The molecule has 2 aliphatic rings. The second-order valence-electron chi connectivity index (χ2n) is 8.25. The fourth-order valence-electron chi connectivity index (χ4n) is 3.96. The lowest BCUT2D eigenvalue weighted by atomic mass is 10.0. The van der Waals surface area contributed by atoms with Crippen LogP contribution in [0.25, 0.3) is 0 Å². The first-order chi connectivity index (χ1) is 12.7. The summed E-state index contributed by atoms with van der Waals surface area (Å²) in [6.07, 6.45) is 3.20. The topological polar surface area (TPSA) is 66.9 Å². The summed E-state index contributed by atoms with van der Waals surface area (Å²) in [7, 11) is -3.43. The van der Waals surface area contributed by atoms with Crippen molar-refractivity contribution in [3.8, 4) is 0 Å². The molecule has 27 heavy (non-hydrogen) atoms. The fourth-order valence-corrected chi connectivity index (χ4v) is 5.48. The second kappa shape index (κ2) is 7.89. The summed E-state index contributed by atoms with van der Waals surface area (Å²) in [5.41, 5.74) is 0.481. The number of piperidine rings is 1. The van der Waals surface area contributed by atoms with E-state index in [1.165, 1.54) is 0 Å². The number of hydrogen-bond donors (Lipinski definition) is 0. The van der Waals surface area contributed by atoms with Gasteiger partial charge in [-0.3, -0.25) is 4.79 Å². The highest BCUT2D eigenvalue weighted by atomic mass is 32.2. The number of amides is 1. The van der Waals surface area contributed by atoms with Crippen LogP contribution in [0.3, 0.4) is 0 Å². The van der Waals surface area contributed by atoms with Gasteiger partial charge in [0.25, 0.3) is 0 Å². The Morgan fingerprint density at radius 2 is 1.78 bits per heavy atom. The Morgan fingerprint density at radius 1 is 1.15 bits per heavy atom. The molecule has 1 aromatic carbocycles. The number of hydrogen-bond acceptors (Lipinski definition) is 4. The largest absolute Gasteiger partial charge is 0.369 e. The van der Waals surface area contributed by atoms with E-state index in [0.717, 1.165) is 24.8 Å². The van der Waals surface area contributed by atoms with Gasteiger partial charge in [0.15, 0.2) is 0 Å². The molecule has 2 saturated heterocycles. The molecule has 0 aliphatic carbocycles. The molecule has 7 heteroatoms. The first-order valence-corrected chi connectivity index (χ1v) is 11.2. The average molecular weight is 395 g/mol. The van der Waals surface area contributed by atoms with Gasteiger partial charge in [0.2, 0.25) is 15.9 Å². The summed E-state index contributed by atoms with van der Waals surface area (Å²) in [5.74, 6) is 0.0462. The van der Waals surface area contributed by atoms with Crippen LogP contribution in [-0.2, 0) is 26.0 Å². The molecule has 2 fully saturated rings. The smallest absolute Gasteiger partial charge is 0.243 e. The quantitative estimate of drug-likeness (QED) is 0.787. The maximum Gasteiger partial charge on any atom is 0.243 e. The Kier molecular flexibility index (Phi) is 5.93. The summed E-state index contributed by atoms with van der Waals surface area (Å²) in [6.45, 7) is 8.29. The Bertz CT molecular complexity index is 768. The van der Waals surface area contributed by atoms with Gasteiger partial charge in [-0.25, -0.2) is 8.42 Å². The van der Waals surface area contributed by atoms with Crippen molar-refractivity contribution in [2.24, 2.45) is 0 Å². The van der Waals surface area contributed by atoms with Crippen LogP contribution in [0, 0.1) is 0 Å². The zero-order valence-corrected chi connectivity index (χ0v) is 17.3. The van der Waals surface area contributed by atoms with E-state index in [9.17, 15) is 13.2 Å². The molecule has 1 amide bonds. The monoisotopic (exact) mass is 394 g/mol. The van der Waals surface area contributed by atoms with Crippen molar-refractivity contribution in [1.29, 1.82) is 0 Å². The van der Waals surface area contributed by atoms with E-state index in [0.29, 0.717) is 31.1 Å². The van der Waals surface area contributed by atoms with Gasteiger partial charge < -0.3 is 9.64 Å². The normalized spacial score (nSPS) is 24.0. The van der Waals surface area contributed by atoms with E-state index in [2.05, 4.69) is 0 Å². The van der Waals surface area contributed by atoms with Crippen molar-refractivity contribution in [2.45, 2.75) is 63.1 Å². The Morgan fingerprint density at radius 3 is 2.37 bits per heavy atom. The highest BCUT2D eigenvalue weighted by molar-refractivity contribution is 7.89. The van der Waals surface area contributed by atoms with E-state index >= 15 is 0 Å². The number of nitrogens with zero attached hydrogens (tertiary/aromatic N) is 2. The molecule has 0 radical (unpaired) electrons. The molecule has 150 valence electrons. The molecule has 0 bridgehead atoms. The van der Waals surface area contributed by atoms with E-state index in [1.54, 1.807) is 28.6 Å². The van der Waals surface area contributed by atoms with Crippen LogP contribution in [0.2, 0.25) is 0 Å². The van der Waals surface area contributed by atoms with Gasteiger partial charge in [-0.2, -0.15) is 4.31 Å². The Balaban J connectivity index is 1.66. The first-order valence-electron chi connectivity index (χ1n) is 9.72. The van der Waals surface area contributed by atoms with Crippen molar-refractivity contribution >= 4 is 15.9 Å². The molecule has 0 spiro atoms. The summed E-state index contributed by atoms with van der Waals surface area (Å²) >= 11 is 0. The van der Waals surface area contributed by atoms with Gasteiger partial charge in [-0.05, 0) is 51.3 Å². The van der Waals surface area contributed by atoms with E-state index in [4.69, 9.17) is 4.74 Å². The van der Waals surface area contributed by atoms with Gasteiger partial charge in [0, 0.05) is 26.2 Å². The van der Waals surface area contributed by atoms with Gasteiger partial charge >= 0.3 is 0 Å². The van der Waals surface area contributed by atoms with Crippen LogP contribution in [0.5, 0.6) is 0 Å². The highest BCUT2D eigenvalue weighted by Gasteiger charge is 2.33. The molecule has 0 saturated carbocycles. The summed E-state index contributed by atoms with van der Waals surface area (Å²) in [6, 6.07) is 6.75. The van der Waals surface area contributed by atoms with Crippen molar-refractivity contribution in [3.05, 3.63) is 29.8 Å². The number of ether oxygens (including phenoxy) is 1. The molecule has 0 N–H and O–H groups in total. The third-order valence-electron chi connectivity index (χ3n) is 5.15. The third kappa shape index (κ3) is 4.89. The lowest BCUT2D eigenvalue weighted by molar-refractivity contribution is -0.157. The maximum atomic E-state index is 12.7. The SMILES string of the molecule is CC1CN(C(=O)Cc2ccc(S(=O)(=O)N3CCCCC3)cc2)CC(C)(C)O1. The van der Waals surface area contributed by atoms with Crippen molar-refractivity contribution in [2.75, 3.05) is 26.2 Å². The molecule has 3 rings (SSSR count). The Labute approximate surface area is 162 Å². The van der Waals surface area contributed by atoms with Crippen LogP contribution in [0.1, 0.15) is 45.6 Å². The van der Waals surface area contributed by atoms with Crippen LogP contribution in [-0.4, -0.2) is 61.4 Å². The minimum Gasteiger partial charge on any atom is -0.369 e. The van der Waals surface area contributed by atoms with Crippen LogP contribution < -0.4 is 0 Å². The molecular formula is C20H30N2O4S. The third-order valence-corrected chi connectivity index (χ3v) is 7.07. The lowest BCUT2D eigenvalue weighted by Crippen LogP contribution is -2.54. The second-order valence-corrected chi connectivity index (χ2v) is 10.2. The molecule has 2 aliphatic heterocycles. The predicted octanol–water partition coefficient (Wildman–Crippen LogP) is 2.43. The summed E-state index contributed by atoms with van der Waals surface area (Å²) < 4.78 is 32.8. The minimum absolute atomic E-state index is 0.00904. The van der Waals surface area contributed by atoms with Crippen LogP contribution in [0.15, 0.2) is 29.2 Å². The van der Waals surface area contributed by atoms with Gasteiger partial charge in [-0.15, -0.1) is 0 Å². The zero-order chi connectivity index (χ0) is 19.7. The van der Waals surface area contributed by atoms with Gasteiger partial charge in [0.1, 0.15) is 0 Å². The Hall–Kier alpha value is -1.44. The molecule has 0 aromatic heterocycles. The predicted molar refractivity (Wildman–Crippen MR) is 104 cm³/mol. The van der Waals surface area contributed by atoms with Gasteiger partial charge in [0.05, 0.1) is 23.0 Å². The van der Waals surface area contributed by atoms with E-state index in [-0.39, 0.29) is 24.0 Å². The number of carbonyl (C=O) groups excluding carboxylic acids is 1. The summed E-state index contributed by atoms with van der Waals surface area (Å²) in [5, 5.41) is 0. The molecule has 1 atom stereocenters. The average Bonchev–Trinajstić information content (AvgIpc) is 2.61. The number of benzene rings is 1. The molecule has 2 heterocycles. The first kappa shape index (κ1) is 20.3. The van der Waals surface area contributed by atoms with Crippen molar-refractivity contribution < 1.29 is 17.9 Å².